The van der Waals surface area contributed by atoms with Crippen LogP contribution in [0.1, 0.15) is 33.6 Å². The molecule has 0 saturated carbocycles. The maximum atomic E-state index is 12.4. The first kappa shape index (κ1) is 20.4. The predicted octanol–water partition coefficient (Wildman–Crippen LogP) is 3.25. The molecule has 0 aliphatic rings. The van der Waals surface area contributed by atoms with Gasteiger partial charge < -0.3 is 9.64 Å². The fourth-order valence-corrected chi connectivity index (χ4v) is 4.36. The smallest absolute Gasteiger partial charge is 0.240 e. The highest BCUT2D eigenvalue weighted by Gasteiger charge is 2.18. The van der Waals surface area contributed by atoms with E-state index in [4.69, 9.17) is 4.74 Å². The fourth-order valence-electron chi connectivity index (χ4n) is 2.37. The van der Waals surface area contributed by atoms with Crippen LogP contribution >= 0.6 is 15.9 Å². The highest BCUT2D eigenvalue weighted by molar-refractivity contribution is 9.10. The molecule has 1 rings (SSSR count). The summed E-state index contributed by atoms with van der Waals surface area (Å²) >= 11 is 3.32. The van der Waals surface area contributed by atoms with E-state index in [1.807, 2.05) is 6.92 Å². The van der Waals surface area contributed by atoms with Crippen LogP contribution in [0.3, 0.4) is 0 Å². The standard InChI is InChI=1S/C16H27BrN2O3S/c1-5-19(6-2)11-7-8-13(3)18-23(20,21)14-9-10-16(22-4)15(17)12-14/h9-10,12-13,18H,5-8,11H2,1-4H3/t13-/m1/s1. The number of nitrogens with zero attached hydrogens (tertiary/aromatic N) is 1. The van der Waals surface area contributed by atoms with Crippen LogP contribution in [0.4, 0.5) is 0 Å². The predicted molar refractivity (Wildman–Crippen MR) is 97.5 cm³/mol. The molecule has 1 atom stereocenters. The van der Waals surface area contributed by atoms with Gasteiger partial charge in [0, 0.05) is 6.04 Å². The summed E-state index contributed by atoms with van der Waals surface area (Å²) in [6.07, 6.45) is 1.78. The number of sulfonamides is 1. The van der Waals surface area contributed by atoms with Gasteiger partial charge in [0.15, 0.2) is 0 Å². The number of ether oxygens (including phenoxy) is 1. The molecule has 0 aromatic heterocycles. The summed E-state index contributed by atoms with van der Waals surface area (Å²) < 4.78 is 33.3. The minimum absolute atomic E-state index is 0.101. The highest BCUT2D eigenvalue weighted by atomic mass is 79.9. The fraction of sp³-hybridized carbons (Fsp3) is 0.625. The molecule has 0 radical (unpaired) electrons. The molecule has 0 unspecified atom stereocenters. The third-order valence-corrected chi connectivity index (χ3v) is 6.00. The Bertz CT molecular complexity index is 589. The van der Waals surface area contributed by atoms with Gasteiger partial charge in [0.25, 0.3) is 0 Å². The van der Waals surface area contributed by atoms with Crippen molar-refractivity contribution in [2.75, 3.05) is 26.7 Å². The van der Waals surface area contributed by atoms with Crippen molar-refractivity contribution in [3.63, 3.8) is 0 Å². The van der Waals surface area contributed by atoms with Gasteiger partial charge in [0.05, 0.1) is 16.5 Å². The Morgan fingerprint density at radius 2 is 1.96 bits per heavy atom. The average molecular weight is 407 g/mol. The lowest BCUT2D eigenvalue weighted by molar-refractivity contribution is 0.293. The van der Waals surface area contributed by atoms with E-state index in [1.54, 1.807) is 25.3 Å². The van der Waals surface area contributed by atoms with E-state index in [9.17, 15) is 8.42 Å². The van der Waals surface area contributed by atoms with E-state index in [-0.39, 0.29) is 10.9 Å². The van der Waals surface area contributed by atoms with Gasteiger partial charge in [0.1, 0.15) is 5.75 Å². The number of methoxy groups -OCH3 is 1. The van der Waals surface area contributed by atoms with E-state index < -0.39 is 10.0 Å². The normalized spacial score (nSPS) is 13.3. The van der Waals surface area contributed by atoms with Crippen molar-refractivity contribution in [1.29, 1.82) is 0 Å². The molecule has 1 aromatic rings. The summed E-state index contributed by atoms with van der Waals surface area (Å²) in [5, 5.41) is 0. The number of rotatable bonds is 10. The van der Waals surface area contributed by atoms with Crippen molar-refractivity contribution in [2.24, 2.45) is 0 Å². The topological polar surface area (TPSA) is 58.6 Å². The summed E-state index contributed by atoms with van der Waals surface area (Å²) in [5.41, 5.74) is 0. The van der Waals surface area contributed by atoms with E-state index >= 15 is 0 Å². The van der Waals surface area contributed by atoms with Crippen LogP contribution in [0, 0.1) is 0 Å². The largest absolute Gasteiger partial charge is 0.496 e. The Morgan fingerprint density at radius 3 is 2.48 bits per heavy atom. The third-order valence-electron chi connectivity index (χ3n) is 3.80. The first-order valence-corrected chi connectivity index (χ1v) is 10.2. The number of hydrogen-bond donors (Lipinski definition) is 1. The Kier molecular flexibility index (Phi) is 8.53. The molecule has 1 N–H and O–H groups in total. The average Bonchev–Trinajstić information content (AvgIpc) is 2.51. The lowest BCUT2D eigenvalue weighted by atomic mass is 10.2. The van der Waals surface area contributed by atoms with Crippen molar-refractivity contribution in [3.8, 4) is 5.75 Å². The number of nitrogens with one attached hydrogen (secondary N) is 1. The summed E-state index contributed by atoms with van der Waals surface area (Å²) in [6.45, 7) is 9.22. The zero-order valence-electron chi connectivity index (χ0n) is 14.3. The summed E-state index contributed by atoms with van der Waals surface area (Å²) in [7, 11) is -1.97. The Labute approximate surface area is 148 Å². The zero-order chi connectivity index (χ0) is 17.5. The Morgan fingerprint density at radius 1 is 1.30 bits per heavy atom. The highest BCUT2D eigenvalue weighted by Crippen LogP contribution is 2.27. The van der Waals surface area contributed by atoms with Gasteiger partial charge in [-0.05, 0) is 73.5 Å². The quantitative estimate of drug-likeness (QED) is 0.647. The van der Waals surface area contributed by atoms with Gasteiger partial charge in [-0.1, -0.05) is 13.8 Å². The lowest BCUT2D eigenvalue weighted by Crippen LogP contribution is -2.33. The summed E-state index contributed by atoms with van der Waals surface area (Å²) in [5.74, 6) is 0.608. The van der Waals surface area contributed by atoms with Crippen LogP contribution in [0.2, 0.25) is 0 Å². The first-order valence-electron chi connectivity index (χ1n) is 7.92. The number of hydrogen-bond acceptors (Lipinski definition) is 4. The Balaban J connectivity index is 2.62. The molecule has 0 heterocycles. The molecule has 0 aliphatic heterocycles. The van der Waals surface area contributed by atoms with Gasteiger partial charge in [-0.25, -0.2) is 13.1 Å². The summed E-state index contributed by atoms with van der Waals surface area (Å²) in [4.78, 5) is 2.57. The van der Waals surface area contributed by atoms with Crippen molar-refractivity contribution in [1.82, 2.24) is 9.62 Å². The van der Waals surface area contributed by atoms with Crippen molar-refractivity contribution in [3.05, 3.63) is 22.7 Å². The molecule has 132 valence electrons. The van der Waals surface area contributed by atoms with E-state index in [0.29, 0.717) is 10.2 Å². The van der Waals surface area contributed by atoms with Gasteiger partial charge in [-0.15, -0.1) is 0 Å². The third kappa shape index (κ3) is 6.41. The number of benzene rings is 1. The molecular weight excluding hydrogens is 380 g/mol. The molecule has 1 aromatic carbocycles. The van der Waals surface area contributed by atoms with Crippen LogP contribution in [-0.2, 0) is 10.0 Å². The van der Waals surface area contributed by atoms with E-state index in [0.717, 1.165) is 32.5 Å². The van der Waals surface area contributed by atoms with Crippen LogP contribution < -0.4 is 9.46 Å². The van der Waals surface area contributed by atoms with Crippen molar-refractivity contribution >= 4 is 26.0 Å². The molecule has 23 heavy (non-hydrogen) atoms. The van der Waals surface area contributed by atoms with Gasteiger partial charge in [-0.2, -0.15) is 0 Å². The van der Waals surface area contributed by atoms with Gasteiger partial charge in [0.2, 0.25) is 10.0 Å². The molecule has 5 nitrogen and oxygen atoms in total. The summed E-state index contributed by atoms with van der Waals surface area (Å²) in [6, 6.07) is 4.65. The maximum Gasteiger partial charge on any atom is 0.240 e. The SMILES string of the molecule is CCN(CC)CCC[C@@H](C)NS(=O)(=O)c1ccc(OC)c(Br)c1. The Hall–Kier alpha value is -0.630. The van der Waals surface area contributed by atoms with Gasteiger partial charge in [-0.3, -0.25) is 0 Å². The second-order valence-corrected chi connectivity index (χ2v) is 8.06. The molecule has 0 aliphatic carbocycles. The van der Waals surface area contributed by atoms with Crippen LogP contribution in [0.25, 0.3) is 0 Å². The van der Waals surface area contributed by atoms with Crippen LogP contribution in [0.15, 0.2) is 27.6 Å². The van der Waals surface area contributed by atoms with Crippen molar-refractivity contribution < 1.29 is 13.2 Å². The second-order valence-electron chi connectivity index (χ2n) is 5.49. The lowest BCUT2D eigenvalue weighted by Gasteiger charge is -2.20. The molecule has 0 spiro atoms. The molecule has 0 saturated heterocycles. The number of halogens is 1. The molecule has 0 amide bonds. The minimum Gasteiger partial charge on any atom is -0.496 e. The van der Waals surface area contributed by atoms with Gasteiger partial charge >= 0.3 is 0 Å². The zero-order valence-corrected chi connectivity index (χ0v) is 16.7. The monoisotopic (exact) mass is 406 g/mol. The molecular formula is C16H27BrN2O3S. The van der Waals surface area contributed by atoms with Crippen molar-refractivity contribution in [2.45, 2.75) is 44.6 Å². The molecule has 0 bridgehead atoms. The van der Waals surface area contributed by atoms with E-state index in [2.05, 4.69) is 39.4 Å². The first-order chi connectivity index (χ1) is 10.8. The maximum absolute atomic E-state index is 12.4. The van der Waals surface area contributed by atoms with E-state index in [1.165, 1.54) is 0 Å². The van der Waals surface area contributed by atoms with Crippen LogP contribution in [-0.4, -0.2) is 46.1 Å². The minimum atomic E-state index is -3.52. The van der Waals surface area contributed by atoms with Crippen LogP contribution in [0.5, 0.6) is 5.75 Å². The molecule has 7 heteroatoms. The second kappa shape index (κ2) is 9.61. The molecule has 0 fully saturated rings.